The van der Waals surface area contributed by atoms with Crippen molar-refractivity contribution in [3.63, 3.8) is 0 Å². The molecule has 6 atom stereocenters. The number of halogens is 2. The molecule has 3 aromatic rings. The SMILES string of the molecule is CCCSc1nc(N[C@@H]2C[C@H]2c2ccc(F)c(F)c2)c2nnn([C@@H]3C[C@H](OCC(OC)OC)[C@H]4OC(C)(C)O[C@H]43)c2n1. The summed E-state index contributed by atoms with van der Waals surface area (Å²) in [6, 6.07) is 3.80. The number of nitrogens with zero attached hydrogens (tertiary/aromatic N) is 5. The normalized spacial score (nSPS) is 28.1. The van der Waals surface area contributed by atoms with Crippen LogP contribution in [0.15, 0.2) is 23.4 Å². The van der Waals surface area contributed by atoms with E-state index in [-0.39, 0.29) is 42.9 Å². The molecule has 2 aromatic heterocycles. The van der Waals surface area contributed by atoms with E-state index in [1.165, 1.54) is 12.1 Å². The lowest BCUT2D eigenvalue weighted by atomic mass is 10.1. The van der Waals surface area contributed by atoms with E-state index in [4.69, 9.17) is 33.7 Å². The third kappa shape index (κ3) is 5.84. The minimum absolute atomic E-state index is 0.00217. The summed E-state index contributed by atoms with van der Waals surface area (Å²) < 4.78 is 58.6. The van der Waals surface area contributed by atoms with E-state index in [9.17, 15) is 8.78 Å². The second kappa shape index (κ2) is 11.9. The van der Waals surface area contributed by atoms with Crippen LogP contribution in [0.3, 0.4) is 0 Å². The van der Waals surface area contributed by atoms with Gasteiger partial charge in [0.25, 0.3) is 0 Å². The second-order valence-electron chi connectivity index (χ2n) is 11.3. The van der Waals surface area contributed by atoms with Crippen molar-refractivity contribution < 1.29 is 32.5 Å². The molecule has 0 amide bonds. The van der Waals surface area contributed by atoms with Crippen LogP contribution in [0, 0.1) is 11.6 Å². The number of nitrogens with one attached hydrogen (secondary N) is 1. The first kappa shape index (κ1) is 29.6. The van der Waals surface area contributed by atoms with Gasteiger partial charge in [-0.05, 0) is 44.4 Å². The van der Waals surface area contributed by atoms with Crippen molar-refractivity contribution in [2.45, 2.75) is 93.6 Å². The number of methoxy groups -OCH3 is 2. The van der Waals surface area contributed by atoms with Gasteiger partial charge in [0.1, 0.15) is 12.2 Å². The van der Waals surface area contributed by atoms with E-state index in [1.807, 2.05) is 13.8 Å². The molecule has 1 saturated heterocycles. The predicted octanol–water partition coefficient (Wildman–Crippen LogP) is 4.44. The molecule has 3 aliphatic rings. The van der Waals surface area contributed by atoms with Gasteiger partial charge in [-0.2, -0.15) is 0 Å². The van der Waals surface area contributed by atoms with Crippen molar-refractivity contribution in [1.82, 2.24) is 25.0 Å². The van der Waals surface area contributed by atoms with Gasteiger partial charge in [-0.1, -0.05) is 30.0 Å². The molecule has 1 aromatic carbocycles. The number of fused-ring (bicyclic) bond motifs is 2. The van der Waals surface area contributed by atoms with Gasteiger partial charge >= 0.3 is 0 Å². The molecule has 1 aliphatic heterocycles. The van der Waals surface area contributed by atoms with Crippen molar-refractivity contribution in [3.05, 3.63) is 35.4 Å². The smallest absolute Gasteiger partial charge is 0.191 e. The van der Waals surface area contributed by atoms with Crippen LogP contribution in [-0.4, -0.2) is 88.0 Å². The van der Waals surface area contributed by atoms with Crippen LogP contribution in [0.1, 0.15) is 57.6 Å². The summed E-state index contributed by atoms with van der Waals surface area (Å²) in [6.45, 7) is 6.11. The zero-order valence-electron chi connectivity index (χ0n) is 24.3. The van der Waals surface area contributed by atoms with E-state index < -0.39 is 23.7 Å². The Morgan fingerprint density at radius 1 is 1.12 bits per heavy atom. The highest BCUT2D eigenvalue weighted by molar-refractivity contribution is 7.99. The topological polar surface area (TPSA) is 115 Å². The van der Waals surface area contributed by atoms with Crippen LogP contribution >= 0.6 is 11.8 Å². The Balaban J connectivity index is 1.29. The molecule has 0 bridgehead atoms. The predicted molar refractivity (Wildman–Crippen MR) is 150 cm³/mol. The Bertz CT molecular complexity index is 1420. The fourth-order valence-electron chi connectivity index (χ4n) is 5.78. The third-order valence-electron chi connectivity index (χ3n) is 7.89. The van der Waals surface area contributed by atoms with E-state index in [1.54, 1.807) is 36.7 Å². The molecule has 1 N–H and O–H groups in total. The molecule has 2 aliphatic carbocycles. The Kier molecular flexibility index (Phi) is 8.37. The fraction of sp³-hybridized carbons (Fsp3) is 0.643. The summed E-state index contributed by atoms with van der Waals surface area (Å²) in [6.07, 6.45) is 0.844. The first-order chi connectivity index (χ1) is 20.2. The number of hydrogen-bond acceptors (Lipinski definition) is 11. The summed E-state index contributed by atoms with van der Waals surface area (Å²) in [5, 5.41) is 13.1. The van der Waals surface area contributed by atoms with E-state index >= 15 is 0 Å². The lowest BCUT2D eigenvalue weighted by Gasteiger charge is -2.24. The van der Waals surface area contributed by atoms with Crippen LogP contribution in [0.2, 0.25) is 0 Å². The van der Waals surface area contributed by atoms with Crippen LogP contribution in [0.5, 0.6) is 0 Å². The van der Waals surface area contributed by atoms with Gasteiger partial charge in [-0.25, -0.2) is 23.4 Å². The Labute approximate surface area is 247 Å². The molecule has 0 radical (unpaired) electrons. The monoisotopic (exact) mass is 606 g/mol. The summed E-state index contributed by atoms with van der Waals surface area (Å²) in [5.41, 5.74) is 1.86. The summed E-state index contributed by atoms with van der Waals surface area (Å²) in [5.74, 6) is -1.04. The van der Waals surface area contributed by atoms with Crippen LogP contribution in [0.25, 0.3) is 11.2 Å². The number of ether oxygens (including phenoxy) is 5. The van der Waals surface area contributed by atoms with Crippen molar-refractivity contribution in [2.75, 3.05) is 31.9 Å². The molecule has 0 unspecified atom stereocenters. The number of thioether (sulfide) groups is 1. The zero-order chi connectivity index (χ0) is 29.6. The number of hydrogen-bond donors (Lipinski definition) is 1. The van der Waals surface area contributed by atoms with Gasteiger partial charge in [0.2, 0.25) is 0 Å². The molecule has 228 valence electrons. The average molecular weight is 607 g/mol. The first-order valence-electron chi connectivity index (χ1n) is 14.2. The van der Waals surface area contributed by atoms with Gasteiger partial charge < -0.3 is 29.0 Å². The molecule has 6 rings (SSSR count). The number of aromatic nitrogens is 5. The van der Waals surface area contributed by atoms with Gasteiger partial charge in [-0.15, -0.1) is 5.10 Å². The quantitative estimate of drug-likeness (QED) is 0.179. The van der Waals surface area contributed by atoms with Gasteiger partial charge in [0, 0.05) is 38.4 Å². The molecule has 2 saturated carbocycles. The Morgan fingerprint density at radius 3 is 2.64 bits per heavy atom. The fourth-order valence-corrected chi connectivity index (χ4v) is 6.47. The molecule has 42 heavy (non-hydrogen) atoms. The van der Waals surface area contributed by atoms with Crippen molar-refractivity contribution in [3.8, 4) is 0 Å². The summed E-state index contributed by atoms with van der Waals surface area (Å²) in [4.78, 5) is 9.63. The van der Waals surface area contributed by atoms with Crippen molar-refractivity contribution >= 4 is 28.7 Å². The highest BCUT2D eigenvalue weighted by Crippen LogP contribution is 2.47. The largest absolute Gasteiger partial charge is 0.370 e. The maximum atomic E-state index is 13.9. The van der Waals surface area contributed by atoms with Crippen LogP contribution in [0.4, 0.5) is 14.6 Å². The molecular formula is C28H36F2N6O5S. The summed E-state index contributed by atoms with van der Waals surface area (Å²) in [7, 11) is 3.14. The molecule has 3 fully saturated rings. The van der Waals surface area contributed by atoms with E-state index in [2.05, 4.69) is 22.6 Å². The molecular weight excluding hydrogens is 570 g/mol. The molecule has 11 nitrogen and oxygen atoms in total. The number of rotatable bonds is 12. The van der Waals surface area contributed by atoms with Gasteiger partial charge in [0.15, 0.2) is 45.8 Å². The van der Waals surface area contributed by atoms with Crippen molar-refractivity contribution in [2.24, 2.45) is 0 Å². The average Bonchev–Trinajstić information content (AvgIpc) is 3.30. The Morgan fingerprint density at radius 2 is 1.90 bits per heavy atom. The number of benzene rings is 1. The van der Waals surface area contributed by atoms with E-state index in [0.717, 1.165) is 24.2 Å². The van der Waals surface area contributed by atoms with Crippen LogP contribution < -0.4 is 5.32 Å². The zero-order valence-corrected chi connectivity index (χ0v) is 25.1. The minimum atomic E-state index is -0.852. The van der Waals surface area contributed by atoms with Crippen molar-refractivity contribution in [1.29, 1.82) is 0 Å². The van der Waals surface area contributed by atoms with Gasteiger partial charge in [0.05, 0.1) is 18.8 Å². The first-order valence-corrected chi connectivity index (χ1v) is 15.2. The third-order valence-corrected chi connectivity index (χ3v) is 8.95. The standard InChI is InChI=1S/C28H36F2N6O5S/c1-6-9-42-27-32-25(31-18-11-15(18)14-7-8-16(29)17(30)10-14)22-26(33-27)36(35-34-22)19-12-20(39-13-21(37-4)38-5)24-23(19)40-28(2,3)41-24/h7-8,10,15,18-21,23-24H,6,9,11-13H2,1-5H3,(H,31,32,33)/t15-,18+,19+,20-,23-,24+/m0/s1. The second-order valence-corrected chi connectivity index (χ2v) is 12.4. The maximum Gasteiger partial charge on any atom is 0.191 e. The highest BCUT2D eigenvalue weighted by atomic mass is 32.2. The lowest BCUT2D eigenvalue weighted by Crippen LogP contribution is -2.33. The number of anilines is 1. The van der Waals surface area contributed by atoms with Crippen LogP contribution in [-0.2, 0) is 23.7 Å². The molecule has 3 heterocycles. The molecule has 0 spiro atoms. The Hall–Kier alpha value is -2.49. The van der Waals surface area contributed by atoms with Gasteiger partial charge in [-0.3, -0.25) is 0 Å². The lowest BCUT2D eigenvalue weighted by molar-refractivity contribution is -0.187. The summed E-state index contributed by atoms with van der Waals surface area (Å²) >= 11 is 1.56. The maximum absolute atomic E-state index is 13.9. The highest BCUT2D eigenvalue weighted by Gasteiger charge is 2.56. The minimum Gasteiger partial charge on any atom is -0.370 e. The molecule has 14 heteroatoms. The van der Waals surface area contributed by atoms with E-state index in [0.29, 0.717) is 28.6 Å².